The van der Waals surface area contributed by atoms with Gasteiger partial charge in [-0.1, -0.05) is 32.1 Å². The molecule has 0 radical (unpaired) electrons. The third kappa shape index (κ3) is 4.22. The first kappa shape index (κ1) is 15.8. The molecule has 1 atom stereocenters. The van der Waals surface area contributed by atoms with Crippen LogP contribution in [0.3, 0.4) is 0 Å². The maximum atomic E-state index is 12.3. The van der Waals surface area contributed by atoms with Crippen LogP contribution in [0.1, 0.15) is 64.7 Å². The van der Waals surface area contributed by atoms with Crippen molar-refractivity contribution in [1.29, 1.82) is 0 Å². The van der Waals surface area contributed by atoms with Crippen LogP contribution < -0.4 is 5.32 Å². The summed E-state index contributed by atoms with van der Waals surface area (Å²) >= 11 is 0. The highest BCUT2D eigenvalue weighted by Gasteiger charge is 2.33. The fourth-order valence-electron chi connectivity index (χ4n) is 3.77. The van der Waals surface area contributed by atoms with Crippen molar-refractivity contribution in [2.24, 2.45) is 11.8 Å². The Balaban J connectivity index is 1.74. The molecule has 0 aliphatic heterocycles. The Kier molecular flexibility index (Phi) is 5.91. The summed E-state index contributed by atoms with van der Waals surface area (Å²) in [6.45, 7) is 2.14. The molecule has 2 aliphatic rings. The van der Waals surface area contributed by atoms with Crippen LogP contribution in [0.25, 0.3) is 0 Å². The van der Waals surface area contributed by atoms with E-state index in [0.717, 1.165) is 25.7 Å². The van der Waals surface area contributed by atoms with E-state index in [9.17, 15) is 14.8 Å². The normalized spacial score (nSPS) is 29.8. The van der Waals surface area contributed by atoms with E-state index in [1.54, 1.807) is 0 Å². The molecule has 4 nitrogen and oxygen atoms in total. The molecule has 20 heavy (non-hydrogen) atoms. The van der Waals surface area contributed by atoms with Crippen LogP contribution >= 0.6 is 0 Å². The van der Waals surface area contributed by atoms with Crippen LogP contribution in [0, 0.1) is 11.8 Å². The molecule has 0 heterocycles. The van der Waals surface area contributed by atoms with Gasteiger partial charge in [0, 0.05) is 12.0 Å². The Morgan fingerprint density at radius 3 is 2.20 bits per heavy atom. The Morgan fingerprint density at radius 2 is 1.65 bits per heavy atom. The average Bonchev–Trinajstić information content (AvgIpc) is 2.48. The van der Waals surface area contributed by atoms with Crippen LogP contribution in [-0.4, -0.2) is 29.1 Å². The van der Waals surface area contributed by atoms with Gasteiger partial charge in [-0.15, -0.1) is 0 Å². The molecule has 0 spiro atoms. The van der Waals surface area contributed by atoms with Gasteiger partial charge in [0.15, 0.2) is 0 Å². The first-order valence-corrected chi connectivity index (χ1v) is 8.24. The number of rotatable bonds is 4. The van der Waals surface area contributed by atoms with Gasteiger partial charge in [-0.25, -0.2) is 0 Å². The van der Waals surface area contributed by atoms with Crippen molar-refractivity contribution in [3.05, 3.63) is 0 Å². The summed E-state index contributed by atoms with van der Waals surface area (Å²) in [5, 5.41) is 21.5. The van der Waals surface area contributed by atoms with Gasteiger partial charge in [0.2, 0.25) is 5.91 Å². The Labute approximate surface area is 122 Å². The second-order valence-electron chi connectivity index (χ2n) is 6.72. The zero-order valence-electron chi connectivity index (χ0n) is 12.6. The summed E-state index contributed by atoms with van der Waals surface area (Å²) in [6.07, 6.45) is 9.47. The highest BCUT2D eigenvalue weighted by molar-refractivity contribution is 6.43. The summed E-state index contributed by atoms with van der Waals surface area (Å²) in [5.41, 5.74) is 0. The SMILES string of the molecule is C[C@@H](NC(=O)C1CCC(B(O)O)CC1)C1CCCCC1. The minimum absolute atomic E-state index is 0.0465. The van der Waals surface area contributed by atoms with Crippen molar-refractivity contribution < 1.29 is 14.8 Å². The maximum absolute atomic E-state index is 12.3. The molecule has 0 bridgehead atoms. The van der Waals surface area contributed by atoms with E-state index >= 15 is 0 Å². The molecule has 114 valence electrons. The van der Waals surface area contributed by atoms with Crippen molar-refractivity contribution in [2.75, 3.05) is 0 Å². The second-order valence-corrected chi connectivity index (χ2v) is 6.72. The molecule has 0 aromatic carbocycles. The number of amides is 1. The van der Waals surface area contributed by atoms with E-state index in [2.05, 4.69) is 12.2 Å². The van der Waals surface area contributed by atoms with E-state index in [1.807, 2.05) is 0 Å². The first-order chi connectivity index (χ1) is 9.58. The molecule has 0 aromatic rings. The lowest BCUT2D eigenvalue weighted by atomic mass is 9.63. The molecule has 0 aromatic heterocycles. The number of hydrogen-bond acceptors (Lipinski definition) is 3. The minimum atomic E-state index is -1.22. The van der Waals surface area contributed by atoms with E-state index < -0.39 is 7.12 Å². The maximum Gasteiger partial charge on any atom is 0.454 e. The average molecular weight is 281 g/mol. The summed E-state index contributed by atoms with van der Waals surface area (Å²) in [6, 6.07) is 0.281. The van der Waals surface area contributed by atoms with Crippen LogP contribution in [0.2, 0.25) is 5.82 Å². The van der Waals surface area contributed by atoms with E-state index in [4.69, 9.17) is 0 Å². The topological polar surface area (TPSA) is 69.6 Å². The summed E-state index contributed by atoms with van der Waals surface area (Å²) in [5.74, 6) is 0.836. The van der Waals surface area contributed by atoms with Gasteiger partial charge < -0.3 is 15.4 Å². The fourth-order valence-corrected chi connectivity index (χ4v) is 3.77. The van der Waals surface area contributed by atoms with Crippen LogP contribution in [0.15, 0.2) is 0 Å². The van der Waals surface area contributed by atoms with Gasteiger partial charge >= 0.3 is 7.12 Å². The van der Waals surface area contributed by atoms with Gasteiger partial charge in [-0.05, 0) is 44.3 Å². The van der Waals surface area contributed by atoms with Gasteiger partial charge in [-0.3, -0.25) is 4.79 Å². The zero-order valence-corrected chi connectivity index (χ0v) is 12.6. The lowest BCUT2D eigenvalue weighted by Gasteiger charge is -2.31. The monoisotopic (exact) mass is 281 g/mol. The molecule has 3 N–H and O–H groups in total. The molecule has 2 fully saturated rings. The van der Waals surface area contributed by atoms with Crippen molar-refractivity contribution in [3.8, 4) is 0 Å². The molecule has 2 saturated carbocycles. The van der Waals surface area contributed by atoms with Gasteiger partial charge in [-0.2, -0.15) is 0 Å². The lowest BCUT2D eigenvalue weighted by Crippen LogP contribution is -2.43. The molecule has 2 rings (SSSR count). The molecule has 0 saturated heterocycles. The third-order valence-corrected chi connectivity index (χ3v) is 5.29. The second kappa shape index (κ2) is 7.46. The van der Waals surface area contributed by atoms with E-state index in [1.165, 1.54) is 32.1 Å². The van der Waals surface area contributed by atoms with E-state index in [0.29, 0.717) is 5.92 Å². The standard InChI is InChI=1S/C15H28BNO3/c1-11(12-5-3-2-4-6-12)17-15(18)13-7-9-14(10-8-13)16(19)20/h11-14,19-20H,2-10H2,1H3,(H,17,18)/t11-,13?,14?/m1/s1. The van der Waals surface area contributed by atoms with Crippen molar-refractivity contribution in [3.63, 3.8) is 0 Å². The number of carbonyl (C=O) groups excluding carboxylic acids is 1. The van der Waals surface area contributed by atoms with Crippen LogP contribution in [0.5, 0.6) is 0 Å². The van der Waals surface area contributed by atoms with Gasteiger partial charge in [0.25, 0.3) is 0 Å². The molecular formula is C15H28BNO3. The lowest BCUT2D eigenvalue weighted by molar-refractivity contribution is -0.127. The highest BCUT2D eigenvalue weighted by atomic mass is 16.4. The Morgan fingerprint density at radius 1 is 1.05 bits per heavy atom. The first-order valence-electron chi connectivity index (χ1n) is 8.24. The Bertz CT molecular complexity index is 310. The van der Waals surface area contributed by atoms with Crippen molar-refractivity contribution >= 4 is 13.0 Å². The number of nitrogens with one attached hydrogen (secondary N) is 1. The zero-order chi connectivity index (χ0) is 14.5. The van der Waals surface area contributed by atoms with E-state index in [-0.39, 0.29) is 23.7 Å². The summed E-state index contributed by atoms with van der Waals surface area (Å²) in [4.78, 5) is 12.3. The van der Waals surface area contributed by atoms with Gasteiger partial charge in [0.1, 0.15) is 0 Å². The fraction of sp³-hybridized carbons (Fsp3) is 0.933. The summed E-state index contributed by atoms with van der Waals surface area (Å²) < 4.78 is 0. The molecule has 0 unspecified atom stereocenters. The largest absolute Gasteiger partial charge is 0.454 e. The van der Waals surface area contributed by atoms with Crippen LogP contribution in [0.4, 0.5) is 0 Å². The summed E-state index contributed by atoms with van der Waals surface area (Å²) in [7, 11) is -1.22. The molecule has 2 aliphatic carbocycles. The van der Waals surface area contributed by atoms with Crippen LogP contribution in [-0.2, 0) is 4.79 Å². The number of hydrogen-bond donors (Lipinski definition) is 3. The predicted molar refractivity (Wildman–Crippen MR) is 80.1 cm³/mol. The molecule has 1 amide bonds. The Hall–Kier alpha value is -0.545. The number of carbonyl (C=O) groups is 1. The highest BCUT2D eigenvalue weighted by Crippen LogP contribution is 2.34. The van der Waals surface area contributed by atoms with Gasteiger partial charge in [0.05, 0.1) is 0 Å². The minimum Gasteiger partial charge on any atom is -0.427 e. The molecular weight excluding hydrogens is 253 g/mol. The quantitative estimate of drug-likeness (QED) is 0.691. The third-order valence-electron chi connectivity index (χ3n) is 5.29. The predicted octanol–water partition coefficient (Wildman–Crippen LogP) is 2.10. The van der Waals surface area contributed by atoms with Crippen molar-refractivity contribution in [1.82, 2.24) is 5.32 Å². The molecule has 5 heteroatoms. The smallest absolute Gasteiger partial charge is 0.427 e. The van der Waals surface area contributed by atoms with Crippen molar-refractivity contribution in [2.45, 2.75) is 76.6 Å².